The van der Waals surface area contributed by atoms with Gasteiger partial charge in [-0.1, -0.05) is 0 Å². The van der Waals surface area contributed by atoms with Gasteiger partial charge in [0.15, 0.2) is 0 Å². The van der Waals surface area contributed by atoms with Gasteiger partial charge in [-0.3, -0.25) is 0 Å². The van der Waals surface area contributed by atoms with Crippen LogP contribution in [0.2, 0.25) is 6.32 Å². The molecule has 9 heavy (non-hydrogen) atoms. The number of ether oxygens (including phenoxy) is 1. The molecule has 54 valence electrons. The van der Waals surface area contributed by atoms with E-state index in [4.69, 9.17) is 14.0 Å². The van der Waals surface area contributed by atoms with Crippen LogP contribution in [0.5, 0.6) is 0 Å². The summed E-state index contributed by atoms with van der Waals surface area (Å²) in [6.07, 6.45) is 0.781. The molecular formula is C5H13BO3. The highest BCUT2D eigenvalue weighted by Gasteiger charge is 2.12. The molecule has 0 aliphatic heterocycles. The number of methoxy groups -OCH3 is 1. The Morgan fingerprint density at radius 1 is 1.11 bits per heavy atom. The van der Waals surface area contributed by atoms with E-state index in [2.05, 4.69) is 0 Å². The maximum Gasteiger partial charge on any atom is 0.458 e. The SMILES string of the molecule is COCCB(OC)OC. The summed E-state index contributed by atoms with van der Waals surface area (Å²) in [5.41, 5.74) is 0. The van der Waals surface area contributed by atoms with Gasteiger partial charge in [0.1, 0.15) is 0 Å². The molecular weight excluding hydrogens is 119 g/mol. The van der Waals surface area contributed by atoms with Crippen LogP contribution in [0.15, 0.2) is 0 Å². The molecule has 0 atom stereocenters. The smallest absolute Gasteiger partial charge is 0.414 e. The molecule has 0 aliphatic rings. The van der Waals surface area contributed by atoms with Crippen molar-refractivity contribution in [1.82, 2.24) is 0 Å². The Labute approximate surface area is 56.4 Å². The van der Waals surface area contributed by atoms with E-state index in [9.17, 15) is 0 Å². The molecule has 0 saturated carbocycles. The first kappa shape index (κ1) is 8.94. The molecule has 0 bridgehead atoms. The molecule has 0 heterocycles. The van der Waals surface area contributed by atoms with Crippen LogP contribution in [-0.2, 0) is 14.0 Å². The van der Waals surface area contributed by atoms with Crippen molar-refractivity contribution in [2.75, 3.05) is 27.9 Å². The average molecular weight is 132 g/mol. The summed E-state index contributed by atoms with van der Waals surface area (Å²) >= 11 is 0. The molecule has 0 fully saturated rings. The van der Waals surface area contributed by atoms with E-state index in [1.54, 1.807) is 21.3 Å². The molecule has 0 N–H and O–H groups in total. The Morgan fingerprint density at radius 3 is 2.00 bits per heavy atom. The summed E-state index contributed by atoms with van der Waals surface area (Å²) in [5, 5.41) is 0. The monoisotopic (exact) mass is 132 g/mol. The Balaban J connectivity index is 3.09. The first-order chi connectivity index (χ1) is 4.35. The van der Waals surface area contributed by atoms with Crippen molar-refractivity contribution in [2.45, 2.75) is 6.32 Å². The van der Waals surface area contributed by atoms with E-state index >= 15 is 0 Å². The molecule has 0 spiro atoms. The van der Waals surface area contributed by atoms with Gasteiger partial charge in [-0.15, -0.1) is 0 Å². The molecule has 0 aromatic rings. The quantitative estimate of drug-likeness (QED) is 0.507. The van der Waals surface area contributed by atoms with Gasteiger partial charge in [-0.2, -0.15) is 0 Å². The predicted molar refractivity (Wildman–Crippen MR) is 36.5 cm³/mol. The van der Waals surface area contributed by atoms with Crippen LogP contribution in [0.3, 0.4) is 0 Å². The number of hydrogen-bond acceptors (Lipinski definition) is 3. The van der Waals surface area contributed by atoms with Crippen LogP contribution in [0.25, 0.3) is 0 Å². The summed E-state index contributed by atoms with van der Waals surface area (Å²) in [4.78, 5) is 0. The van der Waals surface area contributed by atoms with E-state index in [0.29, 0.717) is 6.61 Å². The van der Waals surface area contributed by atoms with Crippen LogP contribution >= 0.6 is 0 Å². The lowest BCUT2D eigenvalue weighted by Gasteiger charge is -2.05. The summed E-state index contributed by atoms with van der Waals surface area (Å²) in [6, 6.07) is 0. The first-order valence-electron chi connectivity index (χ1n) is 2.89. The molecule has 0 saturated heterocycles. The number of hydrogen-bond donors (Lipinski definition) is 0. The minimum Gasteiger partial charge on any atom is -0.414 e. The van der Waals surface area contributed by atoms with Crippen molar-refractivity contribution in [1.29, 1.82) is 0 Å². The lowest BCUT2D eigenvalue weighted by molar-refractivity contribution is 0.198. The third kappa shape index (κ3) is 4.45. The van der Waals surface area contributed by atoms with Gasteiger partial charge in [0.2, 0.25) is 0 Å². The fourth-order valence-electron chi connectivity index (χ4n) is 0.546. The highest BCUT2D eigenvalue weighted by Crippen LogP contribution is 1.92. The Kier molecular flexibility index (Phi) is 6.03. The van der Waals surface area contributed by atoms with Crippen molar-refractivity contribution in [2.24, 2.45) is 0 Å². The highest BCUT2D eigenvalue weighted by atomic mass is 16.6. The van der Waals surface area contributed by atoms with E-state index in [-0.39, 0.29) is 7.12 Å². The van der Waals surface area contributed by atoms with Gasteiger partial charge in [0.05, 0.1) is 0 Å². The largest absolute Gasteiger partial charge is 0.458 e. The fourth-order valence-corrected chi connectivity index (χ4v) is 0.546. The minimum absolute atomic E-state index is 0.120. The summed E-state index contributed by atoms with van der Waals surface area (Å²) in [5.74, 6) is 0. The zero-order valence-electron chi connectivity index (χ0n) is 6.22. The molecule has 0 aromatic carbocycles. The molecule has 0 unspecified atom stereocenters. The van der Waals surface area contributed by atoms with Crippen LogP contribution < -0.4 is 0 Å². The second kappa shape index (κ2) is 6.07. The molecule has 0 radical (unpaired) electrons. The van der Waals surface area contributed by atoms with Crippen LogP contribution in [0.1, 0.15) is 0 Å². The summed E-state index contributed by atoms with van der Waals surface area (Å²) < 4.78 is 14.6. The Hall–Kier alpha value is -0.0551. The minimum atomic E-state index is -0.120. The van der Waals surface area contributed by atoms with Crippen molar-refractivity contribution in [3.05, 3.63) is 0 Å². The van der Waals surface area contributed by atoms with Crippen LogP contribution in [0.4, 0.5) is 0 Å². The van der Waals surface area contributed by atoms with Gasteiger partial charge in [-0.05, 0) is 0 Å². The molecule has 0 aromatic heterocycles. The standard InChI is InChI=1S/C5H13BO3/c1-7-5-4-6(8-2)9-3/h4-5H2,1-3H3. The van der Waals surface area contributed by atoms with E-state index in [1.165, 1.54) is 0 Å². The second-order valence-corrected chi connectivity index (χ2v) is 1.68. The molecule has 0 amide bonds. The Morgan fingerprint density at radius 2 is 1.67 bits per heavy atom. The lowest BCUT2D eigenvalue weighted by Crippen LogP contribution is -2.20. The van der Waals surface area contributed by atoms with Crippen molar-refractivity contribution >= 4 is 7.12 Å². The topological polar surface area (TPSA) is 27.7 Å². The van der Waals surface area contributed by atoms with E-state index < -0.39 is 0 Å². The molecule has 0 rings (SSSR count). The summed E-state index contributed by atoms with van der Waals surface area (Å²) in [6.45, 7) is 0.673. The number of rotatable bonds is 5. The van der Waals surface area contributed by atoms with Crippen molar-refractivity contribution < 1.29 is 14.0 Å². The average Bonchev–Trinajstić information content (AvgIpc) is 1.91. The maximum atomic E-state index is 4.90. The Bertz CT molecular complexity index is 56.2. The van der Waals surface area contributed by atoms with Crippen molar-refractivity contribution in [3.63, 3.8) is 0 Å². The fraction of sp³-hybridized carbons (Fsp3) is 1.00. The van der Waals surface area contributed by atoms with Crippen LogP contribution in [-0.4, -0.2) is 35.1 Å². The van der Waals surface area contributed by atoms with Gasteiger partial charge >= 0.3 is 7.12 Å². The zero-order valence-corrected chi connectivity index (χ0v) is 6.22. The third-order valence-electron chi connectivity index (χ3n) is 1.08. The van der Waals surface area contributed by atoms with Crippen molar-refractivity contribution in [3.8, 4) is 0 Å². The van der Waals surface area contributed by atoms with E-state index in [1.807, 2.05) is 0 Å². The van der Waals surface area contributed by atoms with Gasteiger partial charge in [0, 0.05) is 34.3 Å². The van der Waals surface area contributed by atoms with E-state index in [0.717, 1.165) is 6.32 Å². The first-order valence-corrected chi connectivity index (χ1v) is 2.89. The summed E-state index contributed by atoms with van der Waals surface area (Å²) in [7, 11) is 4.76. The molecule has 4 heteroatoms. The molecule has 0 aliphatic carbocycles. The maximum absolute atomic E-state index is 4.90. The highest BCUT2D eigenvalue weighted by molar-refractivity contribution is 6.44. The third-order valence-corrected chi connectivity index (χ3v) is 1.08. The van der Waals surface area contributed by atoms with Gasteiger partial charge < -0.3 is 14.0 Å². The van der Waals surface area contributed by atoms with Gasteiger partial charge in [-0.25, -0.2) is 0 Å². The molecule has 3 nitrogen and oxygen atoms in total. The zero-order chi connectivity index (χ0) is 7.11. The second-order valence-electron chi connectivity index (χ2n) is 1.68. The lowest BCUT2D eigenvalue weighted by atomic mass is 9.86. The normalized spacial score (nSPS) is 9.67. The van der Waals surface area contributed by atoms with Crippen LogP contribution in [0, 0.1) is 0 Å². The van der Waals surface area contributed by atoms with Gasteiger partial charge in [0.25, 0.3) is 0 Å². The predicted octanol–water partition coefficient (Wildman–Crippen LogP) is 0.414.